The van der Waals surface area contributed by atoms with Crippen molar-refractivity contribution in [2.75, 3.05) is 12.0 Å². The van der Waals surface area contributed by atoms with Gasteiger partial charge in [-0.3, -0.25) is 4.79 Å². The molecule has 0 aromatic heterocycles. The van der Waals surface area contributed by atoms with Crippen LogP contribution in [0.15, 0.2) is 18.2 Å². The molecule has 1 aliphatic rings. The molecular weight excluding hydrogens is 239 g/mol. The molecule has 7 heteroatoms. The van der Waals surface area contributed by atoms with Gasteiger partial charge in [0.25, 0.3) is 0 Å². The molecule has 2 rings (SSSR count). The maximum absolute atomic E-state index is 13.0. The van der Waals surface area contributed by atoms with Crippen molar-refractivity contribution in [3.63, 3.8) is 0 Å². The predicted molar refractivity (Wildman–Crippen MR) is 51.6 cm³/mol. The number of fused-ring (bicyclic) bond motifs is 1. The number of carbonyl (C=O) groups is 1. The first-order valence-electron chi connectivity index (χ1n) is 4.71. The quantitative estimate of drug-likeness (QED) is 0.834. The second-order valence-corrected chi connectivity index (χ2v) is 3.47. The highest BCUT2D eigenvalue weighted by molar-refractivity contribution is 5.98. The van der Waals surface area contributed by atoms with E-state index in [0.29, 0.717) is 0 Å². The monoisotopic (exact) mass is 247 g/mol. The highest BCUT2D eigenvalue weighted by Gasteiger charge is 2.47. The molecular formula is C10H8F3NO3. The van der Waals surface area contributed by atoms with Crippen LogP contribution in [-0.2, 0) is 4.79 Å². The Kier molecular flexibility index (Phi) is 2.70. The lowest BCUT2D eigenvalue weighted by molar-refractivity contribution is -0.189. The minimum absolute atomic E-state index is 0.0223. The number of hydrogen-bond donors (Lipinski definition) is 2. The van der Waals surface area contributed by atoms with E-state index >= 15 is 0 Å². The summed E-state index contributed by atoms with van der Waals surface area (Å²) in [5, 5.41) is 11.2. The van der Waals surface area contributed by atoms with E-state index < -0.39 is 30.5 Å². The molecule has 0 radical (unpaired) electrons. The number of anilines is 1. The van der Waals surface area contributed by atoms with Crippen LogP contribution in [0, 0.1) is 0 Å². The number of aliphatic hydroxyl groups excluding tert-OH is 1. The number of benzene rings is 1. The van der Waals surface area contributed by atoms with E-state index in [1.54, 1.807) is 0 Å². The third-order valence-corrected chi connectivity index (χ3v) is 2.29. The summed E-state index contributed by atoms with van der Waals surface area (Å²) in [4.78, 5) is 10.9. The number of halogens is 3. The highest BCUT2D eigenvalue weighted by Crippen LogP contribution is 2.40. The summed E-state index contributed by atoms with van der Waals surface area (Å²) in [6.45, 7) is -1.14. The average molecular weight is 247 g/mol. The third-order valence-electron chi connectivity index (χ3n) is 2.29. The van der Waals surface area contributed by atoms with E-state index in [0.717, 1.165) is 0 Å². The Balaban J connectivity index is 2.48. The van der Waals surface area contributed by atoms with Gasteiger partial charge in [-0.1, -0.05) is 12.1 Å². The van der Waals surface area contributed by atoms with Gasteiger partial charge in [-0.2, -0.15) is 8.78 Å². The Labute approximate surface area is 94.0 Å². The van der Waals surface area contributed by atoms with Gasteiger partial charge in [-0.05, 0) is 6.07 Å². The van der Waals surface area contributed by atoms with E-state index in [2.05, 4.69) is 4.74 Å². The largest absolute Gasteiger partial charge is 0.482 e. The van der Waals surface area contributed by atoms with Gasteiger partial charge in [0, 0.05) is 5.56 Å². The molecule has 0 saturated heterocycles. The molecule has 1 heterocycles. The van der Waals surface area contributed by atoms with Gasteiger partial charge >= 0.3 is 12.0 Å². The van der Waals surface area contributed by atoms with Crippen LogP contribution in [0.25, 0.3) is 0 Å². The Morgan fingerprint density at radius 2 is 2.18 bits per heavy atom. The van der Waals surface area contributed by atoms with E-state index in [9.17, 15) is 23.1 Å². The van der Waals surface area contributed by atoms with Crippen LogP contribution < -0.4 is 10.1 Å². The lowest BCUT2D eigenvalue weighted by atomic mass is 10.1. The van der Waals surface area contributed by atoms with Crippen molar-refractivity contribution in [3.8, 4) is 5.75 Å². The lowest BCUT2D eigenvalue weighted by Crippen LogP contribution is -2.43. The summed E-state index contributed by atoms with van der Waals surface area (Å²) in [5.74, 6) is -2.01. The zero-order valence-corrected chi connectivity index (χ0v) is 8.41. The first-order chi connectivity index (χ1) is 7.95. The number of carbonyl (C=O) groups excluding carboxylic acids is 1. The van der Waals surface area contributed by atoms with Crippen molar-refractivity contribution in [1.82, 2.24) is 0 Å². The number of amides is 1. The van der Waals surface area contributed by atoms with Crippen LogP contribution in [0.1, 0.15) is 11.7 Å². The number of rotatable bonds is 2. The molecule has 92 valence electrons. The smallest absolute Gasteiger partial charge is 0.423 e. The molecule has 2 N–H and O–H groups in total. The van der Waals surface area contributed by atoms with Gasteiger partial charge in [0.15, 0.2) is 5.75 Å². The Bertz CT molecular complexity index is 464. The molecule has 1 amide bonds. The van der Waals surface area contributed by atoms with Gasteiger partial charge in [0.05, 0.1) is 5.69 Å². The number of aliphatic hydroxyl groups is 1. The topological polar surface area (TPSA) is 58.6 Å². The predicted octanol–water partition coefficient (Wildman–Crippen LogP) is 1.61. The van der Waals surface area contributed by atoms with Gasteiger partial charge in [0.1, 0.15) is 12.8 Å². The Hall–Kier alpha value is -1.76. The normalized spacial score (nSPS) is 18.9. The van der Waals surface area contributed by atoms with Crippen molar-refractivity contribution in [2.45, 2.75) is 12.2 Å². The fourth-order valence-corrected chi connectivity index (χ4v) is 1.48. The van der Waals surface area contributed by atoms with Crippen LogP contribution in [0.4, 0.5) is 18.9 Å². The second-order valence-electron chi connectivity index (χ2n) is 3.47. The van der Waals surface area contributed by atoms with Crippen molar-refractivity contribution in [3.05, 3.63) is 23.8 Å². The number of para-hydroxylation sites is 1. The lowest BCUT2D eigenvalue weighted by Gasteiger charge is -2.27. The van der Waals surface area contributed by atoms with Crippen LogP contribution in [0.3, 0.4) is 0 Å². The SMILES string of the molecule is O=C1Nc2cccc([C@@H](O)CF)c2OC1(F)F. The van der Waals surface area contributed by atoms with Crippen LogP contribution >= 0.6 is 0 Å². The molecule has 4 nitrogen and oxygen atoms in total. The van der Waals surface area contributed by atoms with Crippen molar-refractivity contribution in [1.29, 1.82) is 0 Å². The van der Waals surface area contributed by atoms with Gasteiger partial charge < -0.3 is 15.2 Å². The van der Waals surface area contributed by atoms with Crippen molar-refractivity contribution < 1.29 is 27.8 Å². The fourth-order valence-electron chi connectivity index (χ4n) is 1.48. The van der Waals surface area contributed by atoms with Crippen LogP contribution in [-0.4, -0.2) is 23.8 Å². The maximum atomic E-state index is 13.0. The van der Waals surface area contributed by atoms with Gasteiger partial charge in [-0.15, -0.1) is 0 Å². The number of ether oxygens (including phenoxy) is 1. The van der Waals surface area contributed by atoms with E-state index in [1.165, 1.54) is 18.2 Å². The molecule has 0 aliphatic carbocycles. The Morgan fingerprint density at radius 3 is 2.82 bits per heavy atom. The minimum atomic E-state index is -4.03. The summed E-state index contributed by atoms with van der Waals surface area (Å²) in [5.41, 5.74) is -0.157. The number of alkyl halides is 3. The summed E-state index contributed by atoms with van der Waals surface area (Å²) in [6.07, 6.45) is -5.60. The third kappa shape index (κ3) is 1.93. The zero-order chi connectivity index (χ0) is 12.6. The summed E-state index contributed by atoms with van der Waals surface area (Å²) < 4.78 is 42.6. The summed E-state index contributed by atoms with van der Waals surface area (Å²) in [6, 6.07) is 3.95. The standard InChI is InChI=1S/C10H8F3NO3/c11-4-7(15)5-2-1-3-6-8(5)17-10(12,13)9(16)14-6/h1-3,7,15H,4H2,(H,14,16)/t7-/m0/s1. The molecule has 1 aromatic carbocycles. The van der Waals surface area contributed by atoms with E-state index in [-0.39, 0.29) is 11.3 Å². The summed E-state index contributed by atoms with van der Waals surface area (Å²) >= 11 is 0. The van der Waals surface area contributed by atoms with E-state index in [4.69, 9.17) is 0 Å². The molecule has 0 bridgehead atoms. The molecule has 1 aromatic rings. The Morgan fingerprint density at radius 1 is 1.47 bits per heavy atom. The number of hydrogen-bond acceptors (Lipinski definition) is 3. The molecule has 0 fully saturated rings. The van der Waals surface area contributed by atoms with Gasteiger partial charge in [0.2, 0.25) is 0 Å². The molecule has 0 saturated carbocycles. The zero-order valence-electron chi connectivity index (χ0n) is 8.41. The van der Waals surface area contributed by atoms with Crippen LogP contribution in [0.2, 0.25) is 0 Å². The number of nitrogens with one attached hydrogen (secondary N) is 1. The molecule has 0 unspecified atom stereocenters. The highest BCUT2D eigenvalue weighted by atomic mass is 19.3. The van der Waals surface area contributed by atoms with Crippen molar-refractivity contribution in [2.24, 2.45) is 0 Å². The van der Waals surface area contributed by atoms with Crippen LogP contribution in [0.5, 0.6) is 5.75 Å². The summed E-state index contributed by atoms with van der Waals surface area (Å²) in [7, 11) is 0. The second kappa shape index (κ2) is 3.92. The van der Waals surface area contributed by atoms with Crippen molar-refractivity contribution >= 4 is 11.6 Å². The molecule has 1 atom stereocenters. The first kappa shape index (κ1) is 11.7. The fraction of sp³-hybridized carbons (Fsp3) is 0.300. The minimum Gasteiger partial charge on any atom is -0.423 e. The molecule has 1 aliphatic heterocycles. The maximum Gasteiger partial charge on any atom is 0.482 e. The molecule has 17 heavy (non-hydrogen) atoms. The average Bonchev–Trinajstić information content (AvgIpc) is 2.28. The van der Waals surface area contributed by atoms with E-state index in [1.807, 2.05) is 5.32 Å². The molecule has 0 spiro atoms. The first-order valence-corrected chi connectivity index (χ1v) is 4.71. The van der Waals surface area contributed by atoms with Gasteiger partial charge in [-0.25, -0.2) is 4.39 Å².